The zero-order valence-electron chi connectivity index (χ0n) is 13.9. The number of carbonyl (C=O) groups is 2. The fourth-order valence-electron chi connectivity index (χ4n) is 2.15. The van der Waals surface area contributed by atoms with Crippen molar-refractivity contribution < 1.29 is 27.5 Å². The summed E-state index contributed by atoms with van der Waals surface area (Å²) in [5.41, 5.74) is -1.50. The van der Waals surface area contributed by atoms with Crippen LogP contribution in [0.4, 0.5) is 13.2 Å². The Kier molecular flexibility index (Phi) is 7.74. The lowest BCUT2D eigenvalue weighted by molar-refractivity contribution is -0.144. The van der Waals surface area contributed by atoms with E-state index in [0.29, 0.717) is 0 Å². The van der Waals surface area contributed by atoms with Crippen LogP contribution >= 0.6 is 0 Å². The number of halogens is 3. The van der Waals surface area contributed by atoms with Gasteiger partial charge in [-0.25, -0.2) is 0 Å². The van der Waals surface area contributed by atoms with Gasteiger partial charge >= 0.3 is 12.1 Å². The quantitative estimate of drug-likeness (QED) is 0.530. The van der Waals surface area contributed by atoms with E-state index in [2.05, 4.69) is 6.92 Å². The Morgan fingerprint density at radius 1 is 1.12 bits per heavy atom. The molecule has 0 bridgehead atoms. The SMILES string of the molecule is CCCCCCOC(=O)CN(C)C(=O)c1ccccc1C(F)(F)F. The van der Waals surface area contributed by atoms with Gasteiger partial charge in [0.1, 0.15) is 6.54 Å². The van der Waals surface area contributed by atoms with Crippen LogP contribution in [0.5, 0.6) is 0 Å². The number of amides is 1. The molecule has 1 rings (SSSR count). The monoisotopic (exact) mass is 345 g/mol. The molecule has 1 aromatic rings. The van der Waals surface area contributed by atoms with Crippen molar-refractivity contribution in [3.8, 4) is 0 Å². The van der Waals surface area contributed by atoms with Crippen LogP contribution in [0.3, 0.4) is 0 Å². The third-order valence-electron chi connectivity index (χ3n) is 3.44. The summed E-state index contributed by atoms with van der Waals surface area (Å²) in [7, 11) is 1.27. The fraction of sp³-hybridized carbons (Fsp3) is 0.529. The molecular weight excluding hydrogens is 323 g/mol. The van der Waals surface area contributed by atoms with Crippen molar-refractivity contribution in [2.45, 2.75) is 38.8 Å². The fourth-order valence-corrected chi connectivity index (χ4v) is 2.15. The van der Waals surface area contributed by atoms with Crippen LogP contribution in [0.25, 0.3) is 0 Å². The smallest absolute Gasteiger partial charge is 0.417 e. The standard InChI is InChI=1S/C17H22F3NO3/c1-3-4-5-8-11-24-15(22)12-21(2)16(23)13-9-6-7-10-14(13)17(18,19)20/h6-7,9-10H,3-5,8,11-12H2,1-2H3. The maximum atomic E-state index is 12.9. The molecule has 0 spiro atoms. The van der Waals surface area contributed by atoms with E-state index in [1.165, 1.54) is 19.2 Å². The summed E-state index contributed by atoms with van der Waals surface area (Å²) in [6, 6.07) is 4.50. The van der Waals surface area contributed by atoms with E-state index in [0.717, 1.165) is 42.7 Å². The third kappa shape index (κ3) is 6.22. The molecule has 7 heteroatoms. The predicted octanol–water partition coefficient (Wildman–Crippen LogP) is 3.90. The predicted molar refractivity (Wildman–Crippen MR) is 83.5 cm³/mol. The third-order valence-corrected chi connectivity index (χ3v) is 3.44. The van der Waals surface area contributed by atoms with E-state index >= 15 is 0 Å². The van der Waals surface area contributed by atoms with E-state index in [-0.39, 0.29) is 6.61 Å². The molecule has 24 heavy (non-hydrogen) atoms. The van der Waals surface area contributed by atoms with Crippen LogP contribution in [-0.2, 0) is 15.7 Å². The number of ether oxygens (including phenoxy) is 1. The van der Waals surface area contributed by atoms with Crippen LogP contribution in [0, 0.1) is 0 Å². The first-order valence-electron chi connectivity index (χ1n) is 7.84. The van der Waals surface area contributed by atoms with E-state index in [4.69, 9.17) is 4.74 Å². The number of nitrogens with zero attached hydrogens (tertiary/aromatic N) is 1. The molecule has 0 saturated heterocycles. The average Bonchev–Trinajstić information content (AvgIpc) is 2.53. The molecule has 0 atom stereocenters. The summed E-state index contributed by atoms with van der Waals surface area (Å²) >= 11 is 0. The lowest BCUT2D eigenvalue weighted by atomic mass is 10.1. The van der Waals surface area contributed by atoms with Gasteiger partial charge in [0.05, 0.1) is 17.7 Å². The summed E-state index contributed by atoms with van der Waals surface area (Å²) in [4.78, 5) is 24.8. The van der Waals surface area contributed by atoms with Gasteiger partial charge in [0.15, 0.2) is 0 Å². The molecule has 134 valence electrons. The summed E-state index contributed by atoms with van der Waals surface area (Å²) in [6.45, 7) is 1.92. The molecule has 0 fully saturated rings. The summed E-state index contributed by atoms with van der Waals surface area (Å²) in [5.74, 6) is -1.50. The van der Waals surface area contributed by atoms with Gasteiger partial charge in [-0.2, -0.15) is 13.2 Å². The summed E-state index contributed by atoms with van der Waals surface area (Å²) in [5, 5.41) is 0. The minimum absolute atomic E-state index is 0.250. The normalized spacial score (nSPS) is 11.2. The molecular formula is C17H22F3NO3. The average molecular weight is 345 g/mol. The van der Waals surface area contributed by atoms with Crippen LogP contribution in [0.2, 0.25) is 0 Å². The van der Waals surface area contributed by atoms with E-state index < -0.39 is 35.7 Å². The first-order valence-corrected chi connectivity index (χ1v) is 7.84. The number of hydrogen-bond donors (Lipinski definition) is 0. The number of benzene rings is 1. The minimum Gasteiger partial charge on any atom is -0.464 e. The maximum Gasteiger partial charge on any atom is 0.417 e. The number of likely N-dealkylation sites (N-methyl/N-ethyl adjacent to an activating group) is 1. The highest BCUT2D eigenvalue weighted by Gasteiger charge is 2.35. The highest BCUT2D eigenvalue weighted by Crippen LogP contribution is 2.32. The van der Waals surface area contributed by atoms with Crippen molar-refractivity contribution in [2.75, 3.05) is 20.2 Å². The highest BCUT2D eigenvalue weighted by molar-refractivity contribution is 5.97. The van der Waals surface area contributed by atoms with E-state index in [1.54, 1.807) is 0 Å². The molecule has 0 N–H and O–H groups in total. The second kappa shape index (κ2) is 9.30. The molecule has 0 aliphatic carbocycles. The van der Waals surface area contributed by atoms with Crippen molar-refractivity contribution in [3.63, 3.8) is 0 Å². The molecule has 4 nitrogen and oxygen atoms in total. The molecule has 1 aromatic carbocycles. The highest BCUT2D eigenvalue weighted by atomic mass is 19.4. The van der Waals surface area contributed by atoms with Crippen molar-refractivity contribution in [1.82, 2.24) is 4.90 Å². The maximum absolute atomic E-state index is 12.9. The zero-order chi connectivity index (χ0) is 18.2. The van der Waals surface area contributed by atoms with Gasteiger partial charge in [-0.05, 0) is 18.6 Å². The first kappa shape index (κ1) is 20.0. The van der Waals surface area contributed by atoms with Crippen molar-refractivity contribution in [3.05, 3.63) is 35.4 Å². The van der Waals surface area contributed by atoms with Crippen molar-refractivity contribution in [1.29, 1.82) is 0 Å². The number of unbranched alkanes of at least 4 members (excludes halogenated alkanes) is 3. The molecule has 0 aromatic heterocycles. The first-order chi connectivity index (χ1) is 11.3. The molecule has 0 unspecified atom stereocenters. The van der Waals surface area contributed by atoms with E-state index in [1.807, 2.05) is 0 Å². The minimum atomic E-state index is -4.63. The van der Waals surface area contributed by atoms with Crippen LogP contribution in [0.1, 0.15) is 48.5 Å². The Morgan fingerprint density at radius 3 is 2.42 bits per heavy atom. The Labute approximate surface area is 139 Å². The molecule has 1 amide bonds. The van der Waals surface area contributed by atoms with Crippen LogP contribution in [0.15, 0.2) is 24.3 Å². The Bertz CT molecular complexity index is 558. The molecule has 0 radical (unpaired) electrons. The number of hydrogen-bond acceptors (Lipinski definition) is 3. The molecule has 0 aliphatic rings. The van der Waals surface area contributed by atoms with Crippen LogP contribution in [-0.4, -0.2) is 37.0 Å². The van der Waals surface area contributed by atoms with Gasteiger partial charge in [-0.1, -0.05) is 38.3 Å². The molecule has 0 aliphatic heterocycles. The summed E-state index contributed by atoms with van der Waals surface area (Å²) < 4.78 is 43.8. The van der Waals surface area contributed by atoms with Crippen LogP contribution < -0.4 is 0 Å². The lowest BCUT2D eigenvalue weighted by Crippen LogP contribution is -2.34. The second-order valence-electron chi connectivity index (χ2n) is 5.49. The van der Waals surface area contributed by atoms with E-state index in [9.17, 15) is 22.8 Å². The van der Waals surface area contributed by atoms with Gasteiger partial charge in [0.2, 0.25) is 0 Å². The lowest BCUT2D eigenvalue weighted by Gasteiger charge is -2.19. The molecule has 0 heterocycles. The zero-order valence-corrected chi connectivity index (χ0v) is 13.9. The number of carbonyl (C=O) groups excluding carboxylic acids is 2. The van der Waals surface area contributed by atoms with Gasteiger partial charge in [-0.3, -0.25) is 9.59 Å². The van der Waals surface area contributed by atoms with Gasteiger partial charge in [-0.15, -0.1) is 0 Å². The van der Waals surface area contributed by atoms with Gasteiger partial charge < -0.3 is 9.64 Å². The largest absolute Gasteiger partial charge is 0.464 e. The van der Waals surface area contributed by atoms with Gasteiger partial charge in [0, 0.05) is 7.05 Å². The Hall–Kier alpha value is -2.05. The number of rotatable bonds is 8. The topological polar surface area (TPSA) is 46.6 Å². The van der Waals surface area contributed by atoms with Gasteiger partial charge in [0.25, 0.3) is 5.91 Å². The Morgan fingerprint density at radius 2 is 1.79 bits per heavy atom. The Balaban J connectivity index is 2.61. The summed E-state index contributed by atoms with van der Waals surface area (Å²) in [6.07, 6.45) is -0.855. The molecule has 0 saturated carbocycles. The van der Waals surface area contributed by atoms with Crippen molar-refractivity contribution in [2.24, 2.45) is 0 Å². The number of esters is 1. The second-order valence-corrected chi connectivity index (χ2v) is 5.49. The van der Waals surface area contributed by atoms with Crippen molar-refractivity contribution >= 4 is 11.9 Å². The number of alkyl halides is 3.